The molecule has 0 aliphatic carbocycles. The van der Waals surface area contributed by atoms with Gasteiger partial charge >= 0.3 is 0 Å². The highest BCUT2D eigenvalue weighted by molar-refractivity contribution is 6.53. The van der Waals surface area contributed by atoms with Crippen molar-refractivity contribution in [2.75, 3.05) is 5.32 Å². The molecular weight excluding hydrogens is 284 g/mol. The molecule has 0 bridgehead atoms. The molecule has 3 rings (SSSR count). The quantitative estimate of drug-likeness (QED) is 0.534. The molecule has 0 saturated carbocycles. The molecule has 0 atom stereocenters. The normalized spacial score (nSPS) is 15.1. The zero-order chi connectivity index (χ0) is 15.5. The van der Waals surface area contributed by atoms with Gasteiger partial charge < -0.3 is 5.32 Å². The summed E-state index contributed by atoms with van der Waals surface area (Å²) in [5.74, 6) is -0.322. The van der Waals surface area contributed by atoms with Crippen molar-refractivity contribution in [3.8, 4) is 0 Å². The number of nitro benzene ring substituents is 1. The summed E-state index contributed by atoms with van der Waals surface area (Å²) in [6.07, 6.45) is 1.37. The van der Waals surface area contributed by atoms with E-state index in [0.29, 0.717) is 16.8 Å². The van der Waals surface area contributed by atoms with Crippen LogP contribution in [0.4, 0.5) is 11.4 Å². The SMILES string of the molecule is O=C1Nc2ccccc2/C1=N/N=C/c1cccc([N+](=O)[O-])c1. The Balaban J connectivity index is 1.86. The van der Waals surface area contributed by atoms with Crippen molar-refractivity contribution in [1.82, 2.24) is 0 Å². The van der Waals surface area contributed by atoms with Crippen LogP contribution in [0.1, 0.15) is 11.1 Å². The first-order valence-corrected chi connectivity index (χ1v) is 6.41. The second-order valence-corrected chi connectivity index (χ2v) is 4.54. The Labute approximate surface area is 125 Å². The van der Waals surface area contributed by atoms with Crippen molar-refractivity contribution in [2.24, 2.45) is 10.2 Å². The maximum absolute atomic E-state index is 11.8. The van der Waals surface area contributed by atoms with E-state index in [9.17, 15) is 14.9 Å². The number of carbonyl (C=O) groups excluding carboxylic acids is 1. The first kappa shape index (κ1) is 13.6. The molecule has 0 unspecified atom stereocenters. The molecule has 0 fully saturated rings. The monoisotopic (exact) mass is 294 g/mol. The van der Waals surface area contributed by atoms with Crippen LogP contribution >= 0.6 is 0 Å². The third kappa shape index (κ3) is 2.59. The Kier molecular flexibility index (Phi) is 3.45. The maximum atomic E-state index is 11.8. The zero-order valence-corrected chi connectivity index (χ0v) is 11.3. The van der Waals surface area contributed by atoms with E-state index < -0.39 is 4.92 Å². The molecule has 108 valence electrons. The molecule has 1 heterocycles. The van der Waals surface area contributed by atoms with Gasteiger partial charge in [0, 0.05) is 23.3 Å². The van der Waals surface area contributed by atoms with E-state index in [1.165, 1.54) is 18.3 Å². The fourth-order valence-corrected chi connectivity index (χ4v) is 2.07. The number of para-hydroxylation sites is 1. The highest BCUT2D eigenvalue weighted by atomic mass is 16.6. The number of hydrogen-bond acceptors (Lipinski definition) is 5. The molecule has 0 radical (unpaired) electrons. The van der Waals surface area contributed by atoms with Crippen LogP contribution < -0.4 is 5.32 Å². The van der Waals surface area contributed by atoms with E-state index in [0.717, 1.165) is 0 Å². The lowest BCUT2D eigenvalue weighted by Gasteiger charge is -1.94. The number of carbonyl (C=O) groups is 1. The highest BCUT2D eigenvalue weighted by Crippen LogP contribution is 2.22. The number of benzene rings is 2. The molecular formula is C15H10N4O3. The van der Waals surface area contributed by atoms with Crippen molar-refractivity contribution >= 4 is 29.2 Å². The lowest BCUT2D eigenvalue weighted by Crippen LogP contribution is -2.13. The molecule has 7 nitrogen and oxygen atoms in total. The predicted molar refractivity (Wildman–Crippen MR) is 82.3 cm³/mol. The fraction of sp³-hybridized carbons (Fsp3) is 0. The van der Waals surface area contributed by atoms with E-state index in [4.69, 9.17) is 0 Å². The van der Waals surface area contributed by atoms with E-state index in [1.54, 1.807) is 30.3 Å². The molecule has 22 heavy (non-hydrogen) atoms. The van der Waals surface area contributed by atoms with Crippen LogP contribution in [0.25, 0.3) is 0 Å². The second kappa shape index (κ2) is 5.57. The van der Waals surface area contributed by atoms with Crippen LogP contribution in [0.5, 0.6) is 0 Å². The van der Waals surface area contributed by atoms with E-state index in [1.807, 2.05) is 6.07 Å². The molecule has 1 aliphatic heterocycles. The number of non-ortho nitro benzene ring substituents is 1. The lowest BCUT2D eigenvalue weighted by atomic mass is 10.1. The Hall–Kier alpha value is -3.35. The molecule has 2 aromatic rings. The molecule has 0 saturated heterocycles. The summed E-state index contributed by atoms with van der Waals surface area (Å²) in [4.78, 5) is 22.0. The van der Waals surface area contributed by atoms with Gasteiger partial charge in [0.25, 0.3) is 11.6 Å². The number of amides is 1. The smallest absolute Gasteiger partial charge is 0.276 e. The van der Waals surface area contributed by atoms with Crippen LogP contribution in [0.3, 0.4) is 0 Å². The van der Waals surface area contributed by atoms with Gasteiger partial charge in [-0.25, -0.2) is 0 Å². The van der Waals surface area contributed by atoms with Crippen molar-refractivity contribution < 1.29 is 9.72 Å². The summed E-state index contributed by atoms with van der Waals surface area (Å²) in [5.41, 5.74) is 2.10. The molecule has 0 aromatic heterocycles. The number of hydrogen-bond donors (Lipinski definition) is 1. The van der Waals surface area contributed by atoms with Crippen LogP contribution in [0.2, 0.25) is 0 Å². The van der Waals surface area contributed by atoms with Gasteiger partial charge in [0.1, 0.15) is 0 Å². The van der Waals surface area contributed by atoms with Gasteiger partial charge in [0.15, 0.2) is 5.71 Å². The summed E-state index contributed by atoms with van der Waals surface area (Å²) in [6.45, 7) is 0. The number of rotatable bonds is 3. The molecule has 1 N–H and O–H groups in total. The largest absolute Gasteiger partial charge is 0.320 e. The Morgan fingerprint density at radius 1 is 1.14 bits per heavy atom. The first-order chi connectivity index (χ1) is 10.6. The van der Waals surface area contributed by atoms with Gasteiger partial charge in [-0.15, -0.1) is 5.10 Å². The highest BCUT2D eigenvalue weighted by Gasteiger charge is 2.25. The summed E-state index contributed by atoms with van der Waals surface area (Å²) < 4.78 is 0. The van der Waals surface area contributed by atoms with Crippen molar-refractivity contribution in [1.29, 1.82) is 0 Å². The third-order valence-corrected chi connectivity index (χ3v) is 3.09. The van der Waals surface area contributed by atoms with Crippen molar-refractivity contribution in [3.63, 3.8) is 0 Å². The average molecular weight is 294 g/mol. The Morgan fingerprint density at radius 3 is 2.77 bits per heavy atom. The minimum absolute atomic E-state index is 0.0273. The van der Waals surface area contributed by atoms with Gasteiger partial charge in [0.2, 0.25) is 0 Å². The third-order valence-electron chi connectivity index (χ3n) is 3.09. The topological polar surface area (TPSA) is 97.0 Å². The van der Waals surface area contributed by atoms with Gasteiger partial charge in [-0.05, 0) is 6.07 Å². The van der Waals surface area contributed by atoms with Crippen LogP contribution in [0, 0.1) is 10.1 Å². The van der Waals surface area contributed by atoms with E-state index in [-0.39, 0.29) is 17.3 Å². The number of nitro groups is 1. The summed E-state index contributed by atoms with van der Waals surface area (Å²) in [5, 5.41) is 21.2. The van der Waals surface area contributed by atoms with E-state index in [2.05, 4.69) is 15.5 Å². The predicted octanol–water partition coefficient (Wildman–Crippen LogP) is 2.37. The minimum Gasteiger partial charge on any atom is -0.320 e. The van der Waals surface area contributed by atoms with E-state index >= 15 is 0 Å². The average Bonchev–Trinajstić information content (AvgIpc) is 2.84. The van der Waals surface area contributed by atoms with Gasteiger partial charge in [-0.2, -0.15) is 5.10 Å². The molecule has 2 aromatic carbocycles. The maximum Gasteiger partial charge on any atom is 0.276 e. The number of fused-ring (bicyclic) bond motifs is 1. The number of nitrogens with zero attached hydrogens (tertiary/aromatic N) is 3. The molecule has 1 aliphatic rings. The lowest BCUT2D eigenvalue weighted by molar-refractivity contribution is -0.384. The summed E-state index contributed by atoms with van der Waals surface area (Å²) >= 11 is 0. The van der Waals surface area contributed by atoms with Gasteiger partial charge in [-0.3, -0.25) is 14.9 Å². The minimum atomic E-state index is -0.482. The van der Waals surface area contributed by atoms with Crippen molar-refractivity contribution in [2.45, 2.75) is 0 Å². The zero-order valence-electron chi connectivity index (χ0n) is 11.3. The standard InChI is InChI=1S/C15H10N4O3/c20-15-14(12-6-1-2-7-13(12)17-15)18-16-9-10-4-3-5-11(8-10)19(21)22/h1-9H,(H,17,18,20)/b16-9+. The number of anilines is 1. The van der Waals surface area contributed by atoms with Crippen LogP contribution in [0.15, 0.2) is 58.7 Å². The molecule has 1 amide bonds. The van der Waals surface area contributed by atoms with Crippen molar-refractivity contribution in [3.05, 3.63) is 69.8 Å². The van der Waals surface area contributed by atoms with Gasteiger partial charge in [-0.1, -0.05) is 30.3 Å². The fourth-order valence-electron chi connectivity index (χ4n) is 2.07. The first-order valence-electron chi connectivity index (χ1n) is 6.41. The van der Waals surface area contributed by atoms with Gasteiger partial charge in [0.05, 0.1) is 16.8 Å². The van der Waals surface area contributed by atoms with Crippen LogP contribution in [-0.4, -0.2) is 22.8 Å². The summed E-state index contributed by atoms with van der Waals surface area (Å²) in [6, 6.07) is 13.2. The Bertz CT molecular complexity index is 827. The summed E-state index contributed by atoms with van der Waals surface area (Å²) in [7, 11) is 0. The van der Waals surface area contributed by atoms with Crippen LogP contribution in [-0.2, 0) is 4.79 Å². The molecule has 7 heteroatoms. The number of nitrogens with one attached hydrogen (secondary N) is 1. The Morgan fingerprint density at radius 2 is 1.95 bits per heavy atom. The second-order valence-electron chi connectivity index (χ2n) is 4.54. The molecule has 0 spiro atoms.